The van der Waals surface area contributed by atoms with Gasteiger partial charge in [0.2, 0.25) is 0 Å². The van der Waals surface area contributed by atoms with Gasteiger partial charge in [-0.15, -0.1) is 0 Å². The van der Waals surface area contributed by atoms with Gasteiger partial charge in [0.15, 0.2) is 0 Å². The normalized spacial score (nSPS) is 20.5. The first kappa shape index (κ1) is 5.09. The van der Waals surface area contributed by atoms with Crippen LogP contribution in [0.3, 0.4) is 0 Å². The zero-order chi connectivity index (χ0) is 32.6. The Hall–Kier alpha value is -3.32. The topological polar surface area (TPSA) is 12.0 Å². The Labute approximate surface area is 173 Å². The van der Waals surface area contributed by atoms with Crippen LogP contribution in [0.15, 0.2) is 109 Å². The molecular weight excluding hydrogens is 302 g/mol. The number of anilines is 2. The molecule has 120 valence electrons. The summed E-state index contributed by atoms with van der Waals surface area (Å²) in [6.45, 7) is 0. The molecule has 0 heterocycles. The molecule has 25 heavy (non-hydrogen) atoms. The van der Waals surface area contributed by atoms with Crippen molar-refractivity contribution in [2.45, 2.75) is 0 Å². The minimum Gasteiger partial charge on any atom is -0.356 e. The lowest BCUT2D eigenvalue weighted by atomic mass is 10.0. The number of nitrogens with one attached hydrogen (secondary N) is 1. The molecule has 0 radical (unpaired) electrons. The first-order valence-electron chi connectivity index (χ1n) is 16.0. The summed E-state index contributed by atoms with van der Waals surface area (Å²) in [7, 11) is 0. The van der Waals surface area contributed by atoms with Crippen LogP contribution in [0.4, 0.5) is 11.4 Å². The number of hydrogen-bond acceptors (Lipinski definition) is 1. The maximum absolute atomic E-state index is 8.48. The minimum absolute atomic E-state index is 0.568. The van der Waals surface area contributed by atoms with Crippen LogP contribution < -0.4 is 5.32 Å². The largest absolute Gasteiger partial charge is 0.356 e. The molecule has 0 unspecified atom stereocenters. The highest BCUT2D eigenvalue weighted by Crippen LogP contribution is 2.25. The van der Waals surface area contributed by atoms with Gasteiger partial charge in [0.25, 0.3) is 0 Å². The summed E-state index contributed by atoms with van der Waals surface area (Å²) >= 11 is 0. The highest BCUT2D eigenvalue weighted by molar-refractivity contribution is 5.70. The fourth-order valence-corrected chi connectivity index (χ4v) is 1.88. The second kappa shape index (κ2) is 7.06. The van der Waals surface area contributed by atoms with Crippen molar-refractivity contribution in [3.8, 4) is 22.3 Å². The van der Waals surface area contributed by atoms with Crippen LogP contribution in [0.25, 0.3) is 22.3 Å². The molecule has 4 rings (SSSR count). The first-order valence-corrected chi connectivity index (χ1v) is 7.00. The highest BCUT2D eigenvalue weighted by Gasteiger charge is 2.00. The molecular formula is C24H19N. The predicted molar refractivity (Wildman–Crippen MR) is 107 cm³/mol. The van der Waals surface area contributed by atoms with E-state index in [9.17, 15) is 0 Å². The summed E-state index contributed by atoms with van der Waals surface area (Å²) in [5.41, 5.74) is -3.53. The fraction of sp³-hybridized carbons (Fsp3) is 0. The van der Waals surface area contributed by atoms with Gasteiger partial charge in [-0.2, -0.15) is 0 Å². The van der Waals surface area contributed by atoms with Gasteiger partial charge >= 0.3 is 0 Å². The summed E-state index contributed by atoms with van der Waals surface area (Å²) < 4.78 is 148. The molecule has 0 spiro atoms. The van der Waals surface area contributed by atoms with Crippen LogP contribution in [-0.2, 0) is 0 Å². The lowest BCUT2D eigenvalue weighted by Gasteiger charge is -2.09. The van der Waals surface area contributed by atoms with Gasteiger partial charge in [-0.25, -0.2) is 0 Å². The molecule has 0 bridgehead atoms. The summed E-state index contributed by atoms with van der Waals surface area (Å²) in [5.74, 6) is 0. The van der Waals surface area contributed by atoms with Crippen molar-refractivity contribution in [3.63, 3.8) is 0 Å². The van der Waals surface area contributed by atoms with Gasteiger partial charge in [0.05, 0.1) is 24.7 Å². The van der Waals surface area contributed by atoms with E-state index in [1.807, 2.05) is 0 Å². The quantitative estimate of drug-likeness (QED) is 0.433. The molecule has 0 atom stereocenters. The zero-order valence-electron chi connectivity index (χ0n) is 30.5. The van der Waals surface area contributed by atoms with Crippen LogP contribution >= 0.6 is 0 Å². The molecule has 0 amide bonds. The molecule has 4 aromatic rings. The Morgan fingerprint density at radius 1 is 0.400 bits per heavy atom. The molecule has 1 heteroatoms. The van der Waals surface area contributed by atoms with Crippen LogP contribution in [-0.4, -0.2) is 0 Å². The summed E-state index contributed by atoms with van der Waals surface area (Å²) in [6.07, 6.45) is 0. The van der Waals surface area contributed by atoms with E-state index in [1.54, 1.807) is 0 Å². The molecule has 0 fully saturated rings. The van der Waals surface area contributed by atoms with Crippen molar-refractivity contribution in [2.75, 3.05) is 5.32 Å². The number of hydrogen-bond donors (Lipinski definition) is 1. The standard InChI is InChI=1S/C24H19N/c1-3-7-19(8-4-1)21-11-15-23(16-12-21)25-24-17-13-22(14-18-24)20-9-5-2-6-10-20/h1-18,25H/i1D,2D,3D,4D,5D,6D,7D,8D,9D,10D,11D,12D,13D,14D,15D,16D,17D,18D. The Morgan fingerprint density at radius 3 is 1.08 bits per heavy atom. The van der Waals surface area contributed by atoms with Crippen molar-refractivity contribution in [2.24, 2.45) is 0 Å². The molecule has 0 saturated carbocycles. The van der Waals surface area contributed by atoms with Crippen molar-refractivity contribution >= 4 is 11.4 Å². The Balaban J connectivity index is 1.97. The average Bonchev–Trinajstić information content (AvgIpc) is 2.98. The summed E-state index contributed by atoms with van der Waals surface area (Å²) in [5, 5.41) is 2.39. The molecule has 1 N–H and O–H groups in total. The predicted octanol–water partition coefficient (Wildman–Crippen LogP) is 6.76. The Bertz CT molecular complexity index is 1630. The van der Waals surface area contributed by atoms with Gasteiger partial charge in [-0.05, 0) is 46.4 Å². The molecule has 0 saturated heterocycles. The van der Waals surface area contributed by atoms with Gasteiger partial charge in [-0.3, -0.25) is 0 Å². The molecule has 1 nitrogen and oxygen atoms in total. The monoisotopic (exact) mass is 339 g/mol. The van der Waals surface area contributed by atoms with Gasteiger partial charge in [0.1, 0.15) is 0 Å². The summed E-state index contributed by atoms with van der Waals surface area (Å²) in [4.78, 5) is 0. The van der Waals surface area contributed by atoms with E-state index in [0.29, 0.717) is 0 Å². The van der Waals surface area contributed by atoms with E-state index < -0.39 is 142 Å². The van der Waals surface area contributed by atoms with E-state index >= 15 is 0 Å². The van der Waals surface area contributed by atoms with Crippen molar-refractivity contribution in [1.29, 1.82) is 0 Å². The number of rotatable bonds is 4. The van der Waals surface area contributed by atoms with E-state index in [2.05, 4.69) is 5.32 Å². The SMILES string of the molecule is [2H]c1c([2H])c([2H])c(-c2c([2H])c([2H])c(Nc3c([2H])c([2H])c(-c4c([2H])c([2H])c([2H])c([2H])c4[2H])c([2H])c3[2H])c([2H])c2[2H])c([2H])c1[2H]. The second-order valence-electron chi connectivity index (χ2n) is 4.62. The molecule has 0 aliphatic heterocycles. The maximum atomic E-state index is 8.48. The zero-order valence-corrected chi connectivity index (χ0v) is 12.5. The maximum Gasteiger partial charge on any atom is 0.0645 e. The summed E-state index contributed by atoms with van der Waals surface area (Å²) in [6, 6.07) is -14.0. The lowest BCUT2D eigenvalue weighted by molar-refractivity contribution is 1.53. The van der Waals surface area contributed by atoms with Gasteiger partial charge < -0.3 is 5.32 Å². The van der Waals surface area contributed by atoms with Crippen LogP contribution in [0.5, 0.6) is 0 Å². The minimum atomic E-state index is -0.812. The first-order chi connectivity index (χ1) is 19.9. The van der Waals surface area contributed by atoms with Crippen molar-refractivity contribution in [3.05, 3.63) is 109 Å². The van der Waals surface area contributed by atoms with Crippen molar-refractivity contribution < 1.29 is 24.7 Å². The Morgan fingerprint density at radius 2 is 0.720 bits per heavy atom. The van der Waals surface area contributed by atoms with E-state index in [0.717, 1.165) is 0 Å². The third-order valence-electron chi connectivity index (χ3n) is 3.00. The third kappa shape index (κ3) is 3.61. The molecule has 0 aliphatic rings. The lowest BCUT2D eigenvalue weighted by Crippen LogP contribution is -1.90. The molecule has 0 aliphatic carbocycles. The molecule has 4 aromatic carbocycles. The van der Waals surface area contributed by atoms with Crippen LogP contribution in [0.1, 0.15) is 24.7 Å². The number of benzene rings is 4. The third-order valence-corrected chi connectivity index (χ3v) is 3.00. The second-order valence-corrected chi connectivity index (χ2v) is 4.62. The van der Waals surface area contributed by atoms with Crippen LogP contribution in [0.2, 0.25) is 0 Å². The smallest absolute Gasteiger partial charge is 0.0645 e. The van der Waals surface area contributed by atoms with E-state index in [4.69, 9.17) is 24.7 Å². The van der Waals surface area contributed by atoms with Crippen molar-refractivity contribution in [1.82, 2.24) is 0 Å². The highest BCUT2D eigenvalue weighted by atomic mass is 14.9. The van der Waals surface area contributed by atoms with Gasteiger partial charge in [0, 0.05) is 11.4 Å². The Kier molecular flexibility index (Phi) is 1.44. The van der Waals surface area contributed by atoms with E-state index in [1.165, 1.54) is 0 Å². The van der Waals surface area contributed by atoms with Gasteiger partial charge in [-0.1, -0.05) is 84.6 Å². The fourth-order valence-electron chi connectivity index (χ4n) is 1.88. The van der Waals surface area contributed by atoms with Crippen LogP contribution in [0, 0.1) is 0 Å². The average molecular weight is 340 g/mol. The molecule has 0 aromatic heterocycles. The van der Waals surface area contributed by atoms with E-state index in [-0.39, 0.29) is 0 Å².